The van der Waals surface area contributed by atoms with Crippen molar-refractivity contribution >= 4 is 41.4 Å². The number of thioether (sulfide) groups is 2. The van der Waals surface area contributed by atoms with Crippen LogP contribution in [0.1, 0.15) is 60.7 Å². The number of ether oxygens (including phenoxy) is 1. The first-order valence-corrected chi connectivity index (χ1v) is 19.4. The highest BCUT2D eigenvalue weighted by atomic mass is 32.2. The molecule has 0 bridgehead atoms. The van der Waals surface area contributed by atoms with Gasteiger partial charge in [0.05, 0.1) is 4.75 Å². The SMILES string of the molecule is CSCC(SC(c1ccccc1)(c1ccccc1)c1ccccc1)(C(=O)OC(C)(C)C)C(NCC1CCCN1)(NC(=O)c1ccccc1)C(=O)O. The van der Waals surface area contributed by atoms with Gasteiger partial charge in [-0.15, -0.1) is 11.8 Å². The first kappa shape index (κ1) is 38.1. The van der Waals surface area contributed by atoms with E-state index in [0.717, 1.165) is 36.1 Å². The number of nitrogens with one attached hydrogen (secondary N) is 3. The molecule has 0 radical (unpaired) electrons. The fourth-order valence-electron chi connectivity index (χ4n) is 6.62. The molecule has 0 saturated carbocycles. The molecule has 4 N–H and O–H groups in total. The van der Waals surface area contributed by atoms with E-state index in [1.165, 1.54) is 23.5 Å². The molecule has 51 heavy (non-hydrogen) atoms. The Morgan fingerprint density at radius 3 is 1.71 bits per heavy atom. The Kier molecular flexibility index (Phi) is 12.3. The number of rotatable bonds is 15. The van der Waals surface area contributed by atoms with E-state index >= 15 is 4.79 Å². The Labute approximate surface area is 309 Å². The normalized spacial score (nSPS) is 17.1. The van der Waals surface area contributed by atoms with Crippen LogP contribution in [0.25, 0.3) is 0 Å². The fourth-order valence-corrected chi connectivity index (χ4v) is 9.72. The summed E-state index contributed by atoms with van der Waals surface area (Å²) in [5.74, 6) is -2.83. The van der Waals surface area contributed by atoms with E-state index in [1.54, 1.807) is 51.1 Å². The van der Waals surface area contributed by atoms with E-state index in [4.69, 9.17) is 4.74 Å². The summed E-state index contributed by atoms with van der Waals surface area (Å²) in [4.78, 5) is 44.0. The number of amides is 1. The minimum atomic E-state index is -2.37. The molecule has 8 nitrogen and oxygen atoms in total. The standard InChI is InChI=1S/C41H47N3O5S2/c1-38(2,3)49-37(48)39(29-50-4,41(36(46)47,43-28-34-26-17-27-42-34)44-35(45)30-18-9-5-10-19-30)51-40(31-20-11-6-12-21-31,32-22-13-7-14-23-32)33-24-15-8-16-25-33/h5-16,18-25,34,42-43H,17,26-29H2,1-4H3,(H,44,45)(H,46,47). The fraction of sp³-hybridized carbons (Fsp3) is 0.341. The maximum Gasteiger partial charge on any atom is 0.346 e. The van der Waals surface area contributed by atoms with Crippen LogP contribution in [0.4, 0.5) is 0 Å². The van der Waals surface area contributed by atoms with Crippen LogP contribution < -0.4 is 16.0 Å². The van der Waals surface area contributed by atoms with Gasteiger partial charge in [0.1, 0.15) is 5.60 Å². The largest absolute Gasteiger partial charge is 0.478 e. The molecular weight excluding hydrogens is 679 g/mol. The van der Waals surface area contributed by atoms with Gasteiger partial charge in [-0.2, -0.15) is 11.8 Å². The predicted octanol–water partition coefficient (Wildman–Crippen LogP) is 6.71. The van der Waals surface area contributed by atoms with Crippen LogP contribution in [-0.2, 0) is 19.1 Å². The number of benzene rings is 4. The van der Waals surface area contributed by atoms with Gasteiger partial charge in [0.2, 0.25) is 5.66 Å². The molecule has 0 spiro atoms. The van der Waals surface area contributed by atoms with Gasteiger partial charge in [0.15, 0.2) is 4.75 Å². The summed E-state index contributed by atoms with van der Waals surface area (Å²) in [6.07, 6.45) is 3.57. The molecule has 1 aliphatic rings. The van der Waals surface area contributed by atoms with Gasteiger partial charge >= 0.3 is 11.9 Å². The molecule has 1 saturated heterocycles. The van der Waals surface area contributed by atoms with Crippen LogP contribution in [-0.4, -0.2) is 70.1 Å². The summed E-state index contributed by atoms with van der Waals surface area (Å²) in [6, 6.07) is 37.8. The quantitative estimate of drug-likeness (QED) is 0.0603. The number of carbonyl (C=O) groups is 3. The number of aliphatic carboxylic acids is 1. The first-order valence-electron chi connectivity index (χ1n) is 17.2. The van der Waals surface area contributed by atoms with Gasteiger partial charge in [-0.1, -0.05) is 109 Å². The first-order chi connectivity index (χ1) is 24.5. The van der Waals surface area contributed by atoms with Crippen LogP contribution in [0, 0.1) is 0 Å². The zero-order valence-electron chi connectivity index (χ0n) is 29.6. The number of hydrogen-bond acceptors (Lipinski definition) is 8. The second kappa shape index (κ2) is 16.5. The van der Waals surface area contributed by atoms with Crippen LogP contribution in [0.2, 0.25) is 0 Å². The molecule has 1 amide bonds. The highest BCUT2D eigenvalue weighted by Gasteiger charge is 2.67. The third-order valence-electron chi connectivity index (χ3n) is 8.98. The summed E-state index contributed by atoms with van der Waals surface area (Å²) in [6.45, 7) is 6.26. The molecule has 0 aliphatic carbocycles. The van der Waals surface area contributed by atoms with Crippen LogP contribution >= 0.6 is 23.5 Å². The molecule has 268 valence electrons. The highest BCUT2D eigenvalue weighted by Crippen LogP contribution is 2.57. The monoisotopic (exact) mass is 725 g/mol. The van der Waals surface area contributed by atoms with E-state index in [9.17, 15) is 14.7 Å². The maximum absolute atomic E-state index is 15.4. The number of hydrogen-bond donors (Lipinski definition) is 4. The Bertz CT molecular complexity index is 1650. The molecule has 1 fully saturated rings. The minimum Gasteiger partial charge on any atom is -0.478 e. The average Bonchev–Trinajstić information content (AvgIpc) is 3.66. The second-order valence-electron chi connectivity index (χ2n) is 13.7. The van der Waals surface area contributed by atoms with Crippen LogP contribution in [0.3, 0.4) is 0 Å². The Morgan fingerprint density at radius 2 is 1.29 bits per heavy atom. The van der Waals surface area contributed by atoms with Crippen molar-refractivity contribution in [1.29, 1.82) is 0 Å². The highest BCUT2D eigenvalue weighted by molar-refractivity contribution is 8.05. The zero-order valence-corrected chi connectivity index (χ0v) is 31.2. The third-order valence-corrected chi connectivity index (χ3v) is 11.9. The van der Waals surface area contributed by atoms with Gasteiger partial charge in [-0.3, -0.25) is 14.9 Å². The Balaban J connectivity index is 1.88. The van der Waals surface area contributed by atoms with Gasteiger partial charge in [0.25, 0.3) is 5.91 Å². The van der Waals surface area contributed by atoms with Gasteiger partial charge in [-0.25, -0.2) is 4.79 Å². The maximum atomic E-state index is 15.4. The van der Waals surface area contributed by atoms with Crippen LogP contribution in [0.15, 0.2) is 121 Å². The summed E-state index contributed by atoms with van der Waals surface area (Å²) < 4.78 is 3.13. The molecule has 10 heteroatoms. The van der Waals surface area contributed by atoms with E-state index in [2.05, 4.69) is 16.0 Å². The van der Waals surface area contributed by atoms with Crippen molar-refractivity contribution in [1.82, 2.24) is 16.0 Å². The van der Waals surface area contributed by atoms with Crippen molar-refractivity contribution < 1.29 is 24.2 Å². The lowest BCUT2D eigenvalue weighted by atomic mass is 9.84. The number of carboxylic acid groups (broad SMARTS) is 1. The van der Waals surface area contributed by atoms with Crippen molar-refractivity contribution in [3.8, 4) is 0 Å². The van der Waals surface area contributed by atoms with Crippen molar-refractivity contribution in [2.24, 2.45) is 0 Å². The van der Waals surface area contributed by atoms with Crippen molar-refractivity contribution in [2.45, 2.75) is 60.4 Å². The summed E-state index contributed by atoms with van der Waals surface area (Å²) in [5, 5.41) is 21.4. The molecule has 3 unspecified atom stereocenters. The van der Waals surface area contributed by atoms with E-state index in [-0.39, 0.29) is 23.9 Å². The van der Waals surface area contributed by atoms with E-state index in [0.29, 0.717) is 0 Å². The Morgan fingerprint density at radius 1 is 0.804 bits per heavy atom. The lowest BCUT2D eigenvalue weighted by molar-refractivity contribution is -0.166. The van der Waals surface area contributed by atoms with Crippen molar-refractivity contribution in [2.75, 3.05) is 25.1 Å². The summed E-state index contributed by atoms with van der Waals surface area (Å²) >= 11 is 2.52. The molecule has 4 aromatic carbocycles. The average molecular weight is 726 g/mol. The topological polar surface area (TPSA) is 117 Å². The van der Waals surface area contributed by atoms with Gasteiger partial charge < -0.3 is 20.5 Å². The predicted molar refractivity (Wildman–Crippen MR) is 207 cm³/mol. The number of esters is 1. The Hall–Kier alpha value is -4.09. The molecule has 1 heterocycles. The lowest BCUT2D eigenvalue weighted by Crippen LogP contribution is -2.79. The molecule has 4 aromatic rings. The second-order valence-corrected chi connectivity index (χ2v) is 16.1. The third kappa shape index (κ3) is 8.20. The molecule has 1 aliphatic heterocycles. The number of carbonyl (C=O) groups excluding carboxylic acids is 2. The molecule has 3 atom stereocenters. The molecule has 5 rings (SSSR count). The number of carboxylic acids is 1. The smallest absolute Gasteiger partial charge is 0.346 e. The van der Waals surface area contributed by atoms with Crippen LogP contribution in [0.5, 0.6) is 0 Å². The zero-order chi connectivity index (χ0) is 36.5. The summed E-state index contributed by atoms with van der Waals surface area (Å²) in [7, 11) is 0. The van der Waals surface area contributed by atoms with Crippen molar-refractivity contribution in [3.63, 3.8) is 0 Å². The lowest BCUT2D eigenvalue weighted by Gasteiger charge is -2.51. The molecule has 0 aromatic heterocycles. The van der Waals surface area contributed by atoms with E-state index < -0.39 is 38.6 Å². The van der Waals surface area contributed by atoms with Gasteiger partial charge in [0, 0.05) is 23.9 Å². The van der Waals surface area contributed by atoms with Crippen molar-refractivity contribution in [3.05, 3.63) is 144 Å². The van der Waals surface area contributed by atoms with Gasteiger partial charge in [-0.05, 0) is 75.2 Å². The van der Waals surface area contributed by atoms with E-state index in [1.807, 2.05) is 97.3 Å². The molecular formula is C41H47N3O5S2. The minimum absolute atomic E-state index is 0.0344. The summed E-state index contributed by atoms with van der Waals surface area (Å²) in [5.41, 5.74) is -0.620.